The van der Waals surface area contributed by atoms with Crippen molar-refractivity contribution in [1.29, 1.82) is 0 Å². The van der Waals surface area contributed by atoms with Crippen molar-refractivity contribution >= 4 is 15.9 Å². The molecule has 0 N–H and O–H groups in total. The highest BCUT2D eigenvalue weighted by molar-refractivity contribution is 9.09. The molecule has 1 nitrogen and oxygen atoms in total. The highest BCUT2D eigenvalue weighted by Crippen LogP contribution is 2.31. The smallest absolute Gasteiger partial charge is 0.285 e. The second-order valence-electron chi connectivity index (χ2n) is 5.36. The lowest BCUT2D eigenvalue weighted by molar-refractivity contribution is -0.0444. The molecule has 1 fully saturated rings. The van der Waals surface area contributed by atoms with E-state index in [0.29, 0.717) is 10.7 Å². The van der Waals surface area contributed by atoms with E-state index in [1.165, 1.54) is 12.1 Å². The van der Waals surface area contributed by atoms with Crippen LogP contribution in [-0.2, 0) is 5.92 Å². The van der Waals surface area contributed by atoms with Gasteiger partial charge >= 0.3 is 0 Å². The van der Waals surface area contributed by atoms with Crippen molar-refractivity contribution in [3.8, 4) is 0 Å². The Morgan fingerprint density at radius 2 is 1.84 bits per heavy atom. The van der Waals surface area contributed by atoms with Gasteiger partial charge in [-0.15, -0.1) is 0 Å². The van der Waals surface area contributed by atoms with E-state index in [4.69, 9.17) is 0 Å². The maximum atomic E-state index is 14.1. The summed E-state index contributed by atoms with van der Waals surface area (Å²) >= 11 is 3.59. The quantitative estimate of drug-likeness (QED) is 0.744. The summed E-state index contributed by atoms with van der Waals surface area (Å²) < 4.78 is 28.3. The Labute approximate surface area is 122 Å². The van der Waals surface area contributed by atoms with Crippen molar-refractivity contribution in [2.45, 2.75) is 30.5 Å². The second kappa shape index (κ2) is 6.31. The van der Waals surface area contributed by atoms with E-state index in [2.05, 4.69) is 22.9 Å². The molecule has 0 aliphatic carbocycles. The van der Waals surface area contributed by atoms with Gasteiger partial charge in [0.05, 0.1) is 6.54 Å². The van der Waals surface area contributed by atoms with Gasteiger partial charge in [0.25, 0.3) is 5.92 Å². The van der Waals surface area contributed by atoms with Crippen molar-refractivity contribution in [2.24, 2.45) is 5.92 Å². The SMILES string of the molecule is CC(Br)C1CCN(CC(F)(F)c2ccccc2)CC1. The van der Waals surface area contributed by atoms with Gasteiger partial charge in [-0.2, -0.15) is 8.78 Å². The van der Waals surface area contributed by atoms with Crippen molar-refractivity contribution in [1.82, 2.24) is 4.90 Å². The van der Waals surface area contributed by atoms with E-state index in [1.807, 2.05) is 4.90 Å². The van der Waals surface area contributed by atoms with E-state index in [9.17, 15) is 8.78 Å². The molecule has 1 heterocycles. The zero-order valence-corrected chi connectivity index (χ0v) is 12.7. The van der Waals surface area contributed by atoms with Crippen LogP contribution in [0.3, 0.4) is 0 Å². The van der Waals surface area contributed by atoms with E-state index in [-0.39, 0.29) is 12.1 Å². The Kier molecular flexibility index (Phi) is 4.96. The number of hydrogen-bond acceptors (Lipinski definition) is 1. The van der Waals surface area contributed by atoms with Gasteiger partial charge in [0.1, 0.15) is 0 Å². The predicted octanol–water partition coefficient (Wildman–Crippen LogP) is 4.27. The maximum Gasteiger partial charge on any atom is 0.285 e. The molecular weight excluding hydrogens is 312 g/mol. The fraction of sp³-hybridized carbons (Fsp3) is 0.600. The van der Waals surface area contributed by atoms with Crippen molar-refractivity contribution in [3.63, 3.8) is 0 Å². The molecular formula is C15H20BrF2N. The van der Waals surface area contributed by atoms with E-state index < -0.39 is 5.92 Å². The maximum absolute atomic E-state index is 14.1. The first-order valence-corrected chi connectivity index (χ1v) is 7.70. The Morgan fingerprint density at radius 1 is 1.26 bits per heavy atom. The number of likely N-dealkylation sites (tertiary alicyclic amines) is 1. The van der Waals surface area contributed by atoms with Crippen molar-refractivity contribution in [3.05, 3.63) is 35.9 Å². The summed E-state index contributed by atoms with van der Waals surface area (Å²) in [5.41, 5.74) is 0.117. The summed E-state index contributed by atoms with van der Waals surface area (Å²) in [7, 11) is 0. The van der Waals surface area contributed by atoms with Crippen LogP contribution in [0.5, 0.6) is 0 Å². The molecule has 1 aliphatic rings. The fourth-order valence-corrected chi connectivity index (χ4v) is 3.15. The number of alkyl halides is 3. The Morgan fingerprint density at radius 3 is 2.37 bits per heavy atom. The minimum absolute atomic E-state index is 0.117. The summed E-state index contributed by atoms with van der Waals surface area (Å²) in [6.07, 6.45) is 1.99. The second-order valence-corrected chi connectivity index (χ2v) is 6.81. The van der Waals surface area contributed by atoms with Gasteiger partial charge in [0.2, 0.25) is 0 Å². The molecule has 0 bridgehead atoms. The summed E-state index contributed by atoms with van der Waals surface area (Å²) in [5, 5.41) is 0. The molecule has 1 aromatic carbocycles. The lowest BCUT2D eigenvalue weighted by Gasteiger charge is -2.35. The Bertz CT molecular complexity index is 386. The molecule has 0 aromatic heterocycles. The number of benzene rings is 1. The summed E-state index contributed by atoms with van der Waals surface area (Å²) in [6, 6.07) is 8.12. The van der Waals surface area contributed by atoms with Crippen LogP contribution >= 0.6 is 15.9 Å². The van der Waals surface area contributed by atoms with Crippen LogP contribution in [0.2, 0.25) is 0 Å². The lowest BCUT2D eigenvalue weighted by Crippen LogP contribution is -2.41. The Hall–Kier alpha value is -0.480. The molecule has 2 rings (SSSR count). The van der Waals surface area contributed by atoms with Gasteiger partial charge in [-0.25, -0.2) is 0 Å². The standard InChI is InChI=1S/C15H20BrF2N/c1-12(16)13-7-9-19(10-8-13)11-15(17,18)14-5-3-2-4-6-14/h2-6,12-13H,7-11H2,1H3. The van der Waals surface area contributed by atoms with Gasteiger partial charge in [-0.1, -0.05) is 53.2 Å². The number of rotatable bonds is 4. The molecule has 1 aliphatic heterocycles. The third kappa shape index (κ3) is 3.99. The molecule has 1 atom stereocenters. The minimum Gasteiger partial charge on any atom is -0.297 e. The molecule has 0 amide bonds. The molecule has 4 heteroatoms. The molecule has 106 valence electrons. The van der Waals surface area contributed by atoms with Crippen LogP contribution in [0.25, 0.3) is 0 Å². The van der Waals surface area contributed by atoms with E-state index >= 15 is 0 Å². The fourth-order valence-electron chi connectivity index (χ4n) is 2.62. The largest absolute Gasteiger partial charge is 0.297 e. The normalized spacial score (nSPS) is 20.4. The van der Waals surface area contributed by atoms with Crippen LogP contribution in [0.4, 0.5) is 8.78 Å². The Balaban J connectivity index is 1.92. The minimum atomic E-state index is -2.76. The molecule has 19 heavy (non-hydrogen) atoms. The zero-order valence-electron chi connectivity index (χ0n) is 11.2. The van der Waals surface area contributed by atoms with Gasteiger partial charge in [0.15, 0.2) is 0 Å². The summed E-state index contributed by atoms with van der Waals surface area (Å²) in [5.74, 6) is -2.14. The highest BCUT2D eigenvalue weighted by Gasteiger charge is 2.35. The van der Waals surface area contributed by atoms with Crippen LogP contribution in [0.1, 0.15) is 25.3 Å². The van der Waals surface area contributed by atoms with Crippen LogP contribution in [-0.4, -0.2) is 29.4 Å². The van der Waals surface area contributed by atoms with Crippen LogP contribution in [0, 0.1) is 5.92 Å². The number of piperidine rings is 1. The third-order valence-electron chi connectivity index (χ3n) is 3.90. The number of nitrogens with zero attached hydrogens (tertiary/aromatic N) is 1. The van der Waals surface area contributed by atoms with Gasteiger partial charge in [-0.05, 0) is 31.8 Å². The predicted molar refractivity (Wildman–Crippen MR) is 77.9 cm³/mol. The summed E-state index contributed by atoms with van der Waals surface area (Å²) in [6.45, 7) is 3.51. The molecule has 0 spiro atoms. The van der Waals surface area contributed by atoms with Crippen LogP contribution < -0.4 is 0 Å². The van der Waals surface area contributed by atoms with Crippen LogP contribution in [0.15, 0.2) is 30.3 Å². The van der Waals surface area contributed by atoms with Crippen molar-refractivity contribution in [2.75, 3.05) is 19.6 Å². The monoisotopic (exact) mass is 331 g/mol. The summed E-state index contributed by atoms with van der Waals surface area (Å²) in [4.78, 5) is 2.36. The van der Waals surface area contributed by atoms with E-state index in [1.54, 1.807) is 18.2 Å². The molecule has 0 radical (unpaired) electrons. The van der Waals surface area contributed by atoms with Gasteiger partial charge in [0, 0.05) is 10.4 Å². The van der Waals surface area contributed by atoms with Gasteiger partial charge in [-0.3, -0.25) is 4.90 Å². The molecule has 1 aromatic rings. The van der Waals surface area contributed by atoms with Gasteiger partial charge < -0.3 is 0 Å². The first kappa shape index (κ1) is 14.9. The average molecular weight is 332 g/mol. The first-order chi connectivity index (χ1) is 8.99. The van der Waals surface area contributed by atoms with E-state index in [0.717, 1.165) is 25.9 Å². The first-order valence-electron chi connectivity index (χ1n) is 6.79. The average Bonchev–Trinajstić information content (AvgIpc) is 2.40. The molecule has 0 saturated carbocycles. The lowest BCUT2D eigenvalue weighted by atomic mass is 9.94. The molecule has 1 saturated heterocycles. The highest BCUT2D eigenvalue weighted by atomic mass is 79.9. The third-order valence-corrected chi connectivity index (χ3v) is 4.65. The number of hydrogen-bond donors (Lipinski definition) is 0. The zero-order chi connectivity index (χ0) is 13.9. The molecule has 1 unspecified atom stereocenters. The van der Waals surface area contributed by atoms with Crippen molar-refractivity contribution < 1.29 is 8.78 Å². The number of halogens is 3. The topological polar surface area (TPSA) is 3.24 Å².